The first-order valence-corrected chi connectivity index (χ1v) is 21.2. The van der Waals surface area contributed by atoms with Crippen LogP contribution in [0.25, 0.3) is 0 Å². The van der Waals surface area contributed by atoms with Crippen molar-refractivity contribution in [3.63, 3.8) is 0 Å². The second-order valence-electron chi connectivity index (χ2n) is 16.4. The third-order valence-corrected chi connectivity index (χ3v) is 11.1. The first kappa shape index (κ1) is 63.2. The quantitative estimate of drug-likeness (QED) is 0.109. The van der Waals surface area contributed by atoms with Crippen molar-refractivity contribution < 1.29 is 125 Å². The molecule has 26 heteroatoms. The van der Waals surface area contributed by atoms with Crippen molar-refractivity contribution in [3.8, 4) is 0 Å². The Morgan fingerprint density at radius 1 is 0.203 bits per heavy atom. The molecule has 0 nitrogen and oxygen atoms in total. The number of hydrogen-bond acceptors (Lipinski definition) is 0. The Morgan fingerprint density at radius 2 is 0.311 bits per heavy atom. The zero-order chi connectivity index (χ0) is 55.2. The minimum Gasteiger partial charge on any atom is -0.194 e. The van der Waals surface area contributed by atoms with Crippen molar-refractivity contribution in [3.05, 3.63) is 166 Å². The van der Waals surface area contributed by atoms with E-state index >= 15 is 0 Å². The molecule has 0 saturated carbocycles. The Kier molecular flexibility index (Phi) is 20.3. The summed E-state index contributed by atoms with van der Waals surface area (Å²) in [6.45, 7) is 0. The van der Waals surface area contributed by atoms with Crippen LogP contribution in [0.3, 0.4) is 0 Å². The van der Waals surface area contributed by atoms with Crippen LogP contribution in [0.1, 0.15) is 95.9 Å². The van der Waals surface area contributed by atoms with Gasteiger partial charge in [0.25, 0.3) is 0 Å². The molecule has 2 aliphatic rings. The number of halogens is 24. The molecule has 0 bridgehead atoms. The van der Waals surface area contributed by atoms with Crippen LogP contribution in [0.5, 0.6) is 0 Å². The van der Waals surface area contributed by atoms with Gasteiger partial charge in [-0.15, -0.1) is 0 Å². The molecule has 4 aromatic rings. The average molecular weight is 1270 g/mol. The van der Waals surface area contributed by atoms with Crippen LogP contribution >= 0.6 is 0 Å². The zero-order valence-corrected chi connectivity index (χ0v) is 39.6. The number of alkyl halides is 24. The van der Waals surface area contributed by atoms with E-state index < -0.39 is 195 Å². The van der Waals surface area contributed by atoms with Gasteiger partial charge < -0.3 is 0 Å². The standard InChI is InChI=1S/C32H12BF24.2C8H12.Ir/c34-25(35,36)13-1-14(26(37,38)39)6-21(5-13)33(22-7-15(27(40,41)42)2-16(8-22)28(43,44)45,23-9-17(29(46,47)48)3-18(10-23)30(49,50)51)24-11-19(31(52,53)54)4-20(12-24)32(55,56)57;2*1-2-4-6-8-7-5-3-1;/h1-12H;2*1-2,7-8H,3-6H2;/q-1;;;/b;2*2-1-,8-7?;. The SMILES string of the molecule is C1=CCC/C=C\CC1.C1=CCC/C=C\CC1.FC(F)(F)c1cc([B-](c2cc(C(F)(F)F)cc(C(F)(F)F)c2)(c2cc(C(F)(F)F)cc(C(F)(F)F)c2)c2cc(C(F)(F)F)cc(C(F)(F)F)c2)cc(C(F)(F)F)c1.[Ir]. The minimum atomic E-state index is -6.13. The van der Waals surface area contributed by atoms with E-state index in [1.54, 1.807) is 0 Å². The predicted molar refractivity (Wildman–Crippen MR) is 224 cm³/mol. The minimum absolute atomic E-state index is 0. The van der Waals surface area contributed by atoms with E-state index in [1.165, 1.54) is 51.4 Å². The molecule has 0 spiro atoms. The first-order chi connectivity index (χ1) is 33.3. The topological polar surface area (TPSA) is 0 Å². The summed E-state index contributed by atoms with van der Waals surface area (Å²) >= 11 is 0. The van der Waals surface area contributed by atoms with Gasteiger partial charge >= 0.3 is 49.4 Å². The fourth-order valence-corrected chi connectivity index (χ4v) is 7.78. The largest absolute Gasteiger partial charge is 0.416 e. The molecule has 0 N–H and O–H groups in total. The molecule has 0 fully saturated rings. The van der Waals surface area contributed by atoms with Gasteiger partial charge in [0.1, 0.15) is 6.15 Å². The molecule has 0 aromatic heterocycles. The maximum absolute atomic E-state index is 14.2. The average Bonchev–Trinajstić information content (AvgIpc) is 3.21. The van der Waals surface area contributed by atoms with E-state index in [0.29, 0.717) is 0 Å². The van der Waals surface area contributed by atoms with Crippen molar-refractivity contribution in [2.24, 2.45) is 0 Å². The van der Waals surface area contributed by atoms with Gasteiger partial charge in [0.15, 0.2) is 0 Å². The normalized spacial score (nSPS) is 16.2. The smallest absolute Gasteiger partial charge is 0.194 e. The molecule has 4 aromatic carbocycles. The van der Waals surface area contributed by atoms with Crippen LogP contribution in [0.4, 0.5) is 105 Å². The summed E-state index contributed by atoms with van der Waals surface area (Å²) in [7, 11) is 0. The summed E-state index contributed by atoms with van der Waals surface area (Å²) in [5.41, 5.74) is -30.2. The van der Waals surface area contributed by atoms with Gasteiger partial charge in [-0.1, -0.05) is 97.1 Å². The monoisotopic (exact) mass is 1270 g/mol. The summed E-state index contributed by atoms with van der Waals surface area (Å²) in [5.74, 6) is 0. The molecule has 74 heavy (non-hydrogen) atoms. The summed E-state index contributed by atoms with van der Waals surface area (Å²) in [5, 5.41) is 0. The third kappa shape index (κ3) is 16.9. The molecule has 0 unspecified atom stereocenters. The van der Waals surface area contributed by atoms with E-state index in [9.17, 15) is 105 Å². The van der Waals surface area contributed by atoms with Gasteiger partial charge in [0.05, 0.1) is 44.5 Å². The van der Waals surface area contributed by atoms with Gasteiger partial charge in [-0.2, -0.15) is 127 Å². The fourth-order valence-electron chi connectivity index (χ4n) is 7.78. The molecule has 0 atom stereocenters. The van der Waals surface area contributed by atoms with Crippen LogP contribution in [0.2, 0.25) is 0 Å². The Morgan fingerprint density at radius 3 is 0.405 bits per heavy atom. The van der Waals surface area contributed by atoms with Gasteiger partial charge in [-0.05, 0) is 75.6 Å². The number of allylic oxidation sites excluding steroid dienone is 8. The maximum atomic E-state index is 14.2. The van der Waals surface area contributed by atoms with Crippen molar-refractivity contribution in [1.82, 2.24) is 0 Å². The Labute approximate surface area is 419 Å². The van der Waals surface area contributed by atoms with E-state index in [2.05, 4.69) is 48.6 Å². The number of hydrogen-bond donors (Lipinski definition) is 0. The van der Waals surface area contributed by atoms with Crippen molar-refractivity contribution in [1.29, 1.82) is 0 Å². The third-order valence-electron chi connectivity index (χ3n) is 11.1. The van der Waals surface area contributed by atoms with E-state index in [4.69, 9.17) is 0 Å². The molecule has 0 heterocycles. The van der Waals surface area contributed by atoms with Crippen LogP contribution in [-0.2, 0) is 69.5 Å². The van der Waals surface area contributed by atoms with E-state index in [0.717, 1.165) is 0 Å². The molecule has 409 valence electrons. The summed E-state index contributed by atoms with van der Waals surface area (Å²) in [6, 6.07) is -8.81. The summed E-state index contributed by atoms with van der Waals surface area (Å²) in [6.07, 6.45) is -26.8. The Balaban J connectivity index is 0.000000717. The van der Waals surface area contributed by atoms with Gasteiger partial charge in [-0.3, -0.25) is 0 Å². The van der Waals surface area contributed by atoms with Gasteiger partial charge in [0.2, 0.25) is 0 Å². The summed E-state index contributed by atoms with van der Waals surface area (Å²) in [4.78, 5) is 0. The molecule has 6 rings (SSSR count). The van der Waals surface area contributed by atoms with Crippen LogP contribution in [0, 0.1) is 0 Å². The van der Waals surface area contributed by atoms with Crippen LogP contribution < -0.4 is 21.9 Å². The second kappa shape index (κ2) is 23.8. The summed E-state index contributed by atoms with van der Waals surface area (Å²) < 4.78 is 341. The van der Waals surface area contributed by atoms with Gasteiger partial charge in [-0.25, -0.2) is 0 Å². The molecule has 0 amide bonds. The molecule has 0 saturated heterocycles. The fraction of sp³-hybridized carbons (Fsp3) is 0.333. The zero-order valence-electron chi connectivity index (χ0n) is 37.2. The van der Waals surface area contributed by atoms with Crippen molar-refractivity contribution >= 4 is 28.0 Å². The maximum Gasteiger partial charge on any atom is 0.416 e. The Bertz CT molecular complexity index is 2110. The van der Waals surface area contributed by atoms with Crippen molar-refractivity contribution in [2.75, 3.05) is 0 Å². The van der Waals surface area contributed by atoms with E-state index in [1.807, 2.05) is 0 Å². The molecular weight excluding hydrogens is 1240 g/mol. The molecule has 2 aliphatic carbocycles. The second-order valence-corrected chi connectivity index (χ2v) is 16.4. The first-order valence-electron chi connectivity index (χ1n) is 21.2. The Hall–Kier alpha value is -5.13. The molecule has 1 radical (unpaired) electrons. The number of rotatable bonds is 4. The number of benzene rings is 4. The van der Waals surface area contributed by atoms with Gasteiger partial charge in [0, 0.05) is 20.1 Å². The van der Waals surface area contributed by atoms with Crippen LogP contribution in [0.15, 0.2) is 121 Å². The van der Waals surface area contributed by atoms with E-state index in [-0.39, 0.29) is 20.1 Å². The van der Waals surface area contributed by atoms with Crippen LogP contribution in [-0.4, -0.2) is 6.15 Å². The van der Waals surface area contributed by atoms with Crippen molar-refractivity contribution in [2.45, 2.75) is 101 Å². The molecule has 0 aliphatic heterocycles. The predicted octanol–water partition coefficient (Wildman–Crippen LogP) is 16.6. The molecular formula is C48H36BF24Ir-.